The van der Waals surface area contributed by atoms with E-state index in [2.05, 4.69) is 0 Å². The van der Waals surface area contributed by atoms with Crippen molar-refractivity contribution >= 4 is 6.29 Å². The van der Waals surface area contributed by atoms with Gasteiger partial charge in [0.25, 0.3) is 0 Å². The maximum Gasteiger partial charge on any atom is 1.00 e. The van der Waals surface area contributed by atoms with Gasteiger partial charge in [0.1, 0.15) is 11.5 Å². The van der Waals surface area contributed by atoms with Gasteiger partial charge in [0, 0.05) is 0 Å². The van der Waals surface area contributed by atoms with Gasteiger partial charge in [-0.3, -0.25) is 4.79 Å². The Kier molecular flexibility index (Phi) is 4.18. The van der Waals surface area contributed by atoms with Crippen LogP contribution in [0.4, 0.5) is 0 Å². The van der Waals surface area contributed by atoms with Gasteiger partial charge in [0.05, 0.1) is 5.56 Å². The molecule has 0 fully saturated rings. The Hall–Kier alpha value is -0.510. The van der Waals surface area contributed by atoms with Crippen LogP contribution in [0.5, 0.6) is 11.5 Å². The largest absolute Gasteiger partial charge is 1.00 e. The van der Waals surface area contributed by atoms with Gasteiger partial charge in [-0.1, -0.05) is 6.07 Å². The topological polar surface area (TPSA) is 57.5 Å². The summed E-state index contributed by atoms with van der Waals surface area (Å²) in [6.45, 7) is 0. The number of carbonyl (C=O) groups excluding carboxylic acids is 1. The van der Waals surface area contributed by atoms with Crippen molar-refractivity contribution in [2.45, 2.75) is 0 Å². The molecule has 0 amide bonds. The van der Waals surface area contributed by atoms with E-state index < -0.39 is 0 Å². The SMILES string of the molecule is O=Cc1c(O)cccc1O.[H-].[Na+]. The number of benzene rings is 1. The summed E-state index contributed by atoms with van der Waals surface area (Å²) < 4.78 is 0. The molecule has 11 heavy (non-hydrogen) atoms. The summed E-state index contributed by atoms with van der Waals surface area (Å²) in [6.07, 6.45) is 0.407. The molecule has 4 heteroatoms. The van der Waals surface area contributed by atoms with E-state index in [0.717, 1.165) is 0 Å². The third-order valence-corrected chi connectivity index (χ3v) is 1.18. The van der Waals surface area contributed by atoms with E-state index in [1.807, 2.05) is 0 Å². The van der Waals surface area contributed by atoms with E-state index >= 15 is 0 Å². The van der Waals surface area contributed by atoms with Crippen LogP contribution in [0.2, 0.25) is 0 Å². The van der Waals surface area contributed by atoms with Gasteiger partial charge in [-0.2, -0.15) is 0 Å². The molecule has 54 valence electrons. The molecule has 1 aromatic carbocycles. The predicted molar refractivity (Wildman–Crippen MR) is 36.3 cm³/mol. The van der Waals surface area contributed by atoms with Crippen LogP contribution in [0.1, 0.15) is 11.8 Å². The molecule has 0 aliphatic carbocycles. The fourth-order valence-corrected chi connectivity index (χ4v) is 0.662. The number of aldehydes is 1. The van der Waals surface area contributed by atoms with Gasteiger partial charge in [0.15, 0.2) is 6.29 Å². The van der Waals surface area contributed by atoms with Crippen LogP contribution >= 0.6 is 0 Å². The Bertz CT molecular complexity index is 245. The summed E-state index contributed by atoms with van der Waals surface area (Å²) in [5, 5.41) is 17.8. The zero-order chi connectivity index (χ0) is 7.56. The van der Waals surface area contributed by atoms with E-state index in [0.29, 0.717) is 6.29 Å². The molecule has 0 atom stereocenters. The minimum absolute atomic E-state index is 0. The van der Waals surface area contributed by atoms with E-state index in [-0.39, 0.29) is 48.0 Å². The fourth-order valence-electron chi connectivity index (χ4n) is 0.662. The summed E-state index contributed by atoms with van der Waals surface area (Å²) >= 11 is 0. The van der Waals surface area contributed by atoms with Crippen LogP contribution in [0.25, 0.3) is 0 Å². The second-order valence-corrected chi connectivity index (χ2v) is 1.83. The quantitative estimate of drug-likeness (QED) is 0.372. The Morgan fingerprint density at radius 1 is 1.27 bits per heavy atom. The second-order valence-electron chi connectivity index (χ2n) is 1.83. The molecule has 0 aliphatic heterocycles. The molecule has 1 aromatic rings. The average molecular weight is 162 g/mol. The maximum atomic E-state index is 10.1. The van der Waals surface area contributed by atoms with Crippen LogP contribution < -0.4 is 29.6 Å². The number of phenols is 2. The summed E-state index contributed by atoms with van der Waals surface area (Å²) in [4.78, 5) is 10.1. The molecule has 0 aliphatic rings. The molecule has 0 saturated heterocycles. The van der Waals surface area contributed by atoms with Crippen molar-refractivity contribution in [3.63, 3.8) is 0 Å². The minimum atomic E-state index is -0.199. The number of aromatic hydroxyl groups is 2. The van der Waals surface area contributed by atoms with Gasteiger partial charge in [-0.25, -0.2) is 0 Å². The smallest absolute Gasteiger partial charge is 1.00 e. The third-order valence-electron chi connectivity index (χ3n) is 1.18. The molecule has 2 N–H and O–H groups in total. The van der Waals surface area contributed by atoms with Crippen molar-refractivity contribution in [1.29, 1.82) is 0 Å². The van der Waals surface area contributed by atoms with Gasteiger partial charge in [-0.15, -0.1) is 0 Å². The number of hydrogen-bond donors (Lipinski definition) is 2. The van der Waals surface area contributed by atoms with Crippen molar-refractivity contribution in [3.8, 4) is 11.5 Å². The van der Waals surface area contributed by atoms with Crippen molar-refractivity contribution in [2.75, 3.05) is 0 Å². The monoisotopic (exact) mass is 162 g/mol. The summed E-state index contributed by atoms with van der Waals surface area (Å²) in [5.41, 5.74) is -0.0671. The van der Waals surface area contributed by atoms with E-state index in [1.54, 1.807) is 0 Å². The van der Waals surface area contributed by atoms with Crippen LogP contribution in [0, 0.1) is 0 Å². The Labute approximate surface area is 87.4 Å². The van der Waals surface area contributed by atoms with Crippen molar-refractivity contribution in [3.05, 3.63) is 23.8 Å². The minimum Gasteiger partial charge on any atom is -1.00 e. The number of hydrogen-bond acceptors (Lipinski definition) is 3. The molecule has 3 nitrogen and oxygen atoms in total. The number of phenolic OH excluding ortho intramolecular Hbond substituents is 2. The zero-order valence-corrected chi connectivity index (χ0v) is 8.11. The van der Waals surface area contributed by atoms with Crippen molar-refractivity contribution in [2.24, 2.45) is 0 Å². The first-order valence-electron chi connectivity index (χ1n) is 2.72. The molecule has 0 saturated carbocycles. The first kappa shape index (κ1) is 10.5. The Morgan fingerprint density at radius 2 is 1.73 bits per heavy atom. The van der Waals surface area contributed by atoms with Gasteiger partial charge < -0.3 is 11.6 Å². The molecule has 0 spiro atoms. The molecule has 0 heterocycles. The Morgan fingerprint density at radius 3 is 2.00 bits per heavy atom. The first-order valence-corrected chi connectivity index (χ1v) is 2.72. The van der Waals surface area contributed by atoms with Crippen LogP contribution in [-0.2, 0) is 0 Å². The van der Waals surface area contributed by atoms with Gasteiger partial charge >= 0.3 is 29.6 Å². The van der Waals surface area contributed by atoms with Gasteiger partial charge in [-0.05, 0) is 12.1 Å². The maximum absolute atomic E-state index is 10.1. The van der Waals surface area contributed by atoms with Crippen LogP contribution in [-0.4, -0.2) is 16.5 Å². The predicted octanol–water partition coefficient (Wildman–Crippen LogP) is -1.97. The zero-order valence-electron chi connectivity index (χ0n) is 7.11. The van der Waals surface area contributed by atoms with Crippen LogP contribution in [0.15, 0.2) is 18.2 Å². The average Bonchev–Trinajstić information content (AvgIpc) is 1.88. The van der Waals surface area contributed by atoms with Crippen LogP contribution in [0.3, 0.4) is 0 Å². The molecular formula is C7H7NaO3. The molecule has 0 bridgehead atoms. The van der Waals surface area contributed by atoms with E-state index in [4.69, 9.17) is 10.2 Å². The van der Waals surface area contributed by atoms with E-state index in [1.165, 1.54) is 18.2 Å². The number of carbonyl (C=O) groups is 1. The third kappa shape index (κ3) is 2.22. The molecule has 0 radical (unpaired) electrons. The van der Waals surface area contributed by atoms with Crippen molar-refractivity contribution < 1.29 is 46.0 Å². The molecule has 0 aromatic heterocycles. The second kappa shape index (κ2) is 4.38. The Balaban J connectivity index is 0. The van der Waals surface area contributed by atoms with Gasteiger partial charge in [0.2, 0.25) is 0 Å². The van der Waals surface area contributed by atoms with Crippen molar-refractivity contribution in [1.82, 2.24) is 0 Å². The summed E-state index contributed by atoms with van der Waals surface area (Å²) in [7, 11) is 0. The normalized spacial score (nSPS) is 8.36. The molecular weight excluding hydrogens is 155 g/mol. The van der Waals surface area contributed by atoms with E-state index in [9.17, 15) is 4.79 Å². The summed E-state index contributed by atoms with van der Waals surface area (Å²) in [6, 6.07) is 4.13. The first-order chi connectivity index (χ1) is 4.75. The number of rotatable bonds is 1. The fraction of sp³-hybridized carbons (Fsp3) is 0. The standard InChI is InChI=1S/C7H6O3.Na.H/c8-4-5-6(9)2-1-3-7(5)10;;/h1-4,9-10H;;/q;+1;-1. The molecule has 0 unspecified atom stereocenters. The molecule has 1 rings (SSSR count). The summed E-state index contributed by atoms with van der Waals surface area (Å²) in [5.74, 6) is -0.398.